The van der Waals surface area contributed by atoms with Gasteiger partial charge < -0.3 is 19.7 Å². The Balaban J connectivity index is 0.000000136. The molecule has 0 radical (unpaired) electrons. The summed E-state index contributed by atoms with van der Waals surface area (Å²) < 4.78 is 0.815. The van der Waals surface area contributed by atoms with Gasteiger partial charge in [0.25, 0.3) is 0 Å². The van der Waals surface area contributed by atoms with Crippen molar-refractivity contribution >= 4 is 49.4 Å². The van der Waals surface area contributed by atoms with Gasteiger partial charge in [0.1, 0.15) is 11.0 Å². The molecular formula is C16H9BrN6. The zero-order valence-electron chi connectivity index (χ0n) is 11.7. The van der Waals surface area contributed by atoms with E-state index in [0.29, 0.717) is 11.6 Å². The number of fused-ring (bicyclic) bond motifs is 2. The second-order valence-electron chi connectivity index (χ2n) is 4.55. The summed E-state index contributed by atoms with van der Waals surface area (Å²) in [5.41, 5.74) is 1.80. The fraction of sp³-hybridized carbons (Fsp3) is 0. The molecule has 0 aliphatic rings. The van der Waals surface area contributed by atoms with Crippen molar-refractivity contribution in [2.24, 2.45) is 0 Å². The molecule has 110 valence electrons. The lowest BCUT2D eigenvalue weighted by Crippen LogP contribution is -1.69. The minimum Gasteiger partial charge on any atom is -0.364 e. The zero-order chi connectivity index (χ0) is 16.2. The van der Waals surface area contributed by atoms with Gasteiger partial charge >= 0.3 is 0 Å². The molecule has 0 unspecified atom stereocenters. The Kier molecular flexibility index (Phi) is 4.05. The smallest absolute Gasteiger partial charge is 0.243 e. The molecule has 2 N–H and O–H groups in total. The van der Waals surface area contributed by atoms with Crippen LogP contribution in [-0.2, 0) is 0 Å². The summed E-state index contributed by atoms with van der Waals surface area (Å²) in [4.78, 5) is 20.4. The van der Waals surface area contributed by atoms with Crippen molar-refractivity contribution in [1.29, 1.82) is 0 Å². The van der Waals surface area contributed by atoms with Crippen LogP contribution in [0, 0.1) is 13.1 Å². The Morgan fingerprint density at radius 2 is 1.70 bits per heavy atom. The van der Waals surface area contributed by atoms with Crippen LogP contribution in [0.1, 0.15) is 0 Å². The zero-order valence-corrected chi connectivity index (χ0v) is 13.3. The third-order valence-corrected chi connectivity index (χ3v) is 3.96. The predicted molar refractivity (Wildman–Crippen MR) is 92.4 cm³/mol. The van der Waals surface area contributed by atoms with Crippen LogP contribution in [0.2, 0.25) is 0 Å². The fourth-order valence-corrected chi connectivity index (χ4v) is 2.62. The number of halogens is 1. The molecule has 4 aromatic heterocycles. The average Bonchev–Trinajstić information content (AvgIpc) is 3.16. The third kappa shape index (κ3) is 2.91. The van der Waals surface area contributed by atoms with Crippen molar-refractivity contribution in [2.45, 2.75) is 0 Å². The van der Waals surface area contributed by atoms with Crippen LogP contribution in [-0.4, -0.2) is 19.9 Å². The van der Waals surface area contributed by atoms with E-state index in [1.807, 2.05) is 18.2 Å². The molecule has 4 rings (SSSR count). The summed E-state index contributed by atoms with van der Waals surface area (Å²) in [6, 6.07) is 5.55. The summed E-state index contributed by atoms with van der Waals surface area (Å²) in [5.74, 6) is 1.09. The standard InChI is InChI=1S/C8H4BrN3.C8H5N3/c1-10-8-7(9)5-2-3-11-4-6(5)12-8;1-9-8-4-6-2-3-10-5-7(6)11-8/h2-4,12H;2-5,11H. The maximum Gasteiger partial charge on any atom is 0.243 e. The molecule has 6 nitrogen and oxygen atoms in total. The molecule has 7 heteroatoms. The maximum absolute atomic E-state index is 6.86. The van der Waals surface area contributed by atoms with Gasteiger partial charge in [0.05, 0.1) is 16.9 Å². The minimum atomic E-state index is 0.526. The van der Waals surface area contributed by atoms with Crippen molar-refractivity contribution < 1.29 is 0 Å². The topological polar surface area (TPSA) is 66.1 Å². The molecule has 4 heterocycles. The monoisotopic (exact) mass is 364 g/mol. The van der Waals surface area contributed by atoms with Crippen molar-refractivity contribution in [1.82, 2.24) is 19.9 Å². The van der Waals surface area contributed by atoms with E-state index in [2.05, 4.69) is 45.6 Å². The van der Waals surface area contributed by atoms with Crippen LogP contribution in [0.15, 0.2) is 47.5 Å². The van der Waals surface area contributed by atoms with Gasteiger partial charge in [0.15, 0.2) is 0 Å². The quantitative estimate of drug-likeness (QED) is 0.431. The van der Waals surface area contributed by atoms with Gasteiger partial charge in [-0.3, -0.25) is 9.97 Å². The van der Waals surface area contributed by atoms with Gasteiger partial charge in [0.2, 0.25) is 11.6 Å². The first-order valence-electron chi connectivity index (χ1n) is 6.51. The Labute approximate surface area is 140 Å². The molecule has 0 bridgehead atoms. The normalized spacial score (nSPS) is 9.87. The number of aromatic nitrogens is 4. The molecule has 0 aliphatic carbocycles. The molecule has 0 atom stereocenters. The van der Waals surface area contributed by atoms with E-state index in [-0.39, 0.29) is 0 Å². The summed E-state index contributed by atoms with van der Waals surface area (Å²) in [6.45, 7) is 13.6. The minimum absolute atomic E-state index is 0.526. The van der Waals surface area contributed by atoms with Crippen LogP contribution in [0.25, 0.3) is 31.5 Å². The van der Waals surface area contributed by atoms with E-state index in [4.69, 9.17) is 13.1 Å². The van der Waals surface area contributed by atoms with E-state index in [0.717, 1.165) is 26.3 Å². The van der Waals surface area contributed by atoms with Gasteiger partial charge in [0, 0.05) is 23.2 Å². The molecule has 0 fully saturated rings. The van der Waals surface area contributed by atoms with E-state index >= 15 is 0 Å². The molecule has 0 spiro atoms. The second kappa shape index (κ2) is 6.30. The lowest BCUT2D eigenvalue weighted by atomic mass is 10.3. The maximum atomic E-state index is 6.86. The van der Waals surface area contributed by atoms with E-state index in [1.165, 1.54) is 0 Å². The fourth-order valence-electron chi connectivity index (χ4n) is 2.09. The van der Waals surface area contributed by atoms with Gasteiger partial charge in [-0.25, -0.2) is 0 Å². The van der Waals surface area contributed by atoms with Crippen LogP contribution < -0.4 is 0 Å². The first-order chi connectivity index (χ1) is 11.2. The van der Waals surface area contributed by atoms with Crippen LogP contribution >= 0.6 is 15.9 Å². The third-order valence-electron chi connectivity index (χ3n) is 3.16. The number of hydrogen-bond acceptors (Lipinski definition) is 2. The van der Waals surface area contributed by atoms with E-state index in [1.54, 1.807) is 24.8 Å². The highest BCUT2D eigenvalue weighted by Crippen LogP contribution is 2.32. The lowest BCUT2D eigenvalue weighted by molar-refractivity contribution is 1.34. The molecule has 0 saturated heterocycles. The Morgan fingerprint density at radius 3 is 2.35 bits per heavy atom. The van der Waals surface area contributed by atoms with Gasteiger partial charge in [-0.1, -0.05) is 29.1 Å². The summed E-state index contributed by atoms with van der Waals surface area (Å²) in [5, 5.41) is 2.03. The van der Waals surface area contributed by atoms with Crippen molar-refractivity contribution in [3.63, 3.8) is 0 Å². The highest BCUT2D eigenvalue weighted by Gasteiger charge is 2.07. The molecule has 0 aliphatic heterocycles. The number of H-pyrrole nitrogens is 2. The Morgan fingerprint density at radius 1 is 0.957 bits per heavy atom. The lowest BCUT2D eigenvalue weighted by Gasteiger charge is -1.84. The van der Waals surface area contributed by atoms with Crippen LogP contribution in [0.5, 0.6) is 0 Å². The van der Waals surface area contributed by atoms with Gasteiger partial charge in [-0.2, -0.15) is 0 Å². The van der Waals surface area contributed by atoms with Crippen LogP contribution in [0.3, 0.4) is 0 Å². The molecule has 4 aromatic rings. The molecule has 23 heavy (non-hydrogen) atoms. The van der Waals surface area contributed by atoms with Crippen molar-refractivity contribution in [3.8, 4) is 0 Å². The SMILES string of the molecule is [C-]#[N+]c1[nH]c2cnccc2c1Br.[C-]#[N+]c1cc2ccncc2[nH]1. The number of nitrogens with one attached hydrogen (secondary N) is 2. The second-order valence-corrected chi connectivity index (χ2v) is 5.34. The Bertz CT molecular complexity index is 1030. The number of hydrogen-bond donors (Lipinski definition) is 2. The van der Waals surface area contributed by atoms with Crippen molar-refractivity contribution in [3.05, 3.63) is 70.3 Å². The number of aromatic amines is 2. The van der Waals surface area contributed by atoms with Gasteiger partial charge in [-0.05, 0) is 18.2 Å². The van der Waals surface area contributed by atoms with Gasteiger partial charge in [-0.15, -0.1) is 0 Å². The van der Waals surface area contributed by atoms with E-state index < -0.39 is 0 Å². The average molecular weight is 365 g/mol. The highest BCUT2D eigenvalue weighted by atomic mass is 79.9. The summed E-state index contributed by atoms with van der Waals surface area (Å²) >= 11 is 3.34. The number of nitrogens with zero attached hydrogens (tertiary/aromatic N) is 4. The molecule has 0 saturated carbocycles. The van der Waals surface area contributed by atoms with Crippen molar-refractivity contribution in [2.75, 3.05) is 0 Å². The summed E-state index contributed by atoms with van der Waals surface area (Å²) in [7, 11) is 0. The number of rotatable bonds is 0. The largest absolute Gasteiger partial charge is 0.364 e. The first-order valence-corrected chi connectivity index (χ1v) is 7.31. The van der Waals surface area contributed by atoms with Crippen LogP contribution in [0.4, 0.5) is 11.6 Å². The summed E-state index contributed by atoms with van der Waals surface area (Å²) in [6.07, 6.45) is 6.83. The highest BCUT2D eigenvalue weighted by molar-refractivity contribution is 9.10. The van der Waals surface area contributed by atoms with E-state index in [9.17, 15) is 0 Å². The molecule has 0 amide bonds. The predicted octanol–water partition coefficient (Wildman–Crippen LogP) is 4.99. The molecule has 0 aromatic carbocycles. The Hall–Kier alpha value is -3.16. The first kappa shape index (κ1) is 14.8. The molecular weight excluding hydrogens is 356 g/mol. The number of pyridine rings is 2.